The summed E-state index contributed by atoms with van der Waals surface area (Å²) < 4.78 is 4.50. The molecule has 0 radical (unpaired) electrons. The first kappa shape index (κ1) is 14.4. The van der Waals surface area contributed by atoms with Gasteiger partial charge in [-0.2, -0.15) is 0 Å². The third kappa shape index (κ3) is 3.13. The molecular weight excluding hydrogens is 350 g/mol. The second kappa shape index (κ2) is 5.98. The Hall–Kier alpha value is -0.980. The molecule has 4 nitrogen and oxygen atoms in total. The van der Waals surface area contributed by atoms with E-state index >= 15 is 0 Å². The van der Waals surface area contributed by atoms with Gasteiger partial charge in [-0.3, -0.25) is 4.79 Å². The zero-order chi connectivity index (χ0) is 14.0. The van der Waals surface area contributed by atoms with Crippen molar-refractivity contribution in [1.29, 1.82) is 0 Å². The minimum Gasteiger partial charge on any atom is -0.320 e. The molecule has 7 heteroatoms. The van der Waals surface area contributed by atoms with Crippen molar-refractivity contribution >= 4 is 50.7 Å². The third-order valence-corrected chi connectivity index (χ3v) is 4.60. The van der Waals surface area contributed by atoms with Crippen LogP contribution in [0.25, 0.3) is 0 Å². The molecular formula is C12H11BrClN3OS. The highest BCUT2D eigenvalue weighted by atomic mass is 79.9. The van der Waals surface area contributed by atoms with E-state index in [-0.39, 0.29) is 11.8 Å². The van der Waals surface area contributed by atoms with Crippen LogP contribution in [0.15, 0.2) is 22.7 Å². The molecule has 0 bridgehead atoms. The van der Waals surface area contributed by atoms with Crippen LogP contribution in [-0.2, 0) is 0 Å². The molecule has 100 valence electrons. The molecule has 0 atom stereocenters. The van der Waals surface area contributed by atoms with E-state index in [1.165, 1.54) is 0 Å². The number of nitrogens with zero attached hydrogens (tertiary/aromatic N) is 2. The maximum atomic E-state index is 12.2. The minimum atomic E-state index is -0.221. The molecule has 0 fully saturated rings. The Kier molecular flexibility index (Phi) is 4.54. The van der Waals surface area contributed by atoms with Gasteiger partial charge in [0.15, 0.2) is 0 Å². The second-order valence-electron chi connectivity index (χ2n) is 4.20. The number of amides is 1. The number of hydrogen-bond acceptors (Lipinski definition) is 4. The molecule has 2 rings (SSSR count). The zero-order valence-electron chi connectivity index (χ0n) is 10.3. The van der Waals surface area contributed by atoms with E-state index < -0.39 is 0 Å². The number of hydrogen-bond donors (Lipinski definition) is 1. The van der Waals surface area contributed by atoms with Crippen LogP contribution in [0.4, 0.5) is 5.69 Å². The normalized spacial score (nSPS) is 10.8. The molecule has 1 N–H and O–H groups in total. The molecule has 0 saturated carbocycles. The zero-order valence-corrected chi connectivity index (χ0v) is 13.4. The smallest absolute Gasteiger partial charge is 0.269 e. The average molecular weight is 361 g/mol. The Balaban J connectivity index is 2.26. The molecule has 1 aromatic heterocycles. The van der Waals surface area contributed by atoms with E-state index in [9.17, 15) is 4.79 Å². The quantitative estimate of drug-likeness (QED) is 0.886. The molecule has 1 aromatic carbocycles. The van der Waals surface area contributed by atoms with Gasteiger partial charge in [-0.1, -0.05) is 36.0 Å². The van der Waals surface area contributed by atoms with Gasteiger partial charge in [-0.05, 0) is 45.5 Å². The number of rotatable bonds is 3. The number of halogens is 2. The standard InChI is InChI=1S/C12H11BrClN3OS/c1-6(2)10-11(19-17-16-10)12(18)15-8-5-3-4-7(14)9(8)13/h3-6H,1-2H3,(H,15,18). The largest absolute Gasteiger partial charge is 0.320 e. The number of nitrogens with one attached hydrogen (secondary N) is 1. The Morgan fingerprint density at radius 1 is 1.47 bits per heavy atom. The molecule has 0 spiro atoms. The lowest BCUT2D eigenvalue weighted by Gasteiger charge is -2.08. The first-order valence-electron chi connectivity index (χ1n) is 5.58. The highest BCUT2D eigenvalue weighted by molar-refractivity contribution is 9.10. The fraction of sp³-hybridized carbons (Fsp3) is 0.250. The summed E-state index contributed by atoms with van der Waals surface area (Å²) in [7, 11) is 0. The number of anilines is 1. The monoisotopic (exact) mass is 359 g/mol. The van der Waals surface area contributed by atoms with Crippen molar-refractivity contribution in [2.24, 2.45) is 0 Å². The van der Waals surface area contributed by atoms with Crippen molar-refractivity contribution < 1.29 is 4.79 Å². The lowest BCUT2D eigenvalue weighted by molar-refractivity contribution is 0.102. The topological polar surface area (TPSA) is 54.9 Å². The lowest BCUT2D eigenvalue weighted by atomic mass is 10.1. The first-order chi connectivity index (χ1) is 9.00. The van der Waals surface area contributed by atoms with Gasteiger partial charge < -0.3 is 5.32 Å². The van der Waals surface area contributed by atoms with E-state index in [1.807, 2.05) is 13.8 Å². The Morgan fingerprint density at radius 3 is 2.89 bits per heavy atom. The maximum absolute atomic E-state index is 12.2. The first-order valence-corrected chi connectivity index (χ1v) is 7.52. The van der Waals surface area contributed by atoms with Crippen molar-refractivity contribution in [2.45, 2.75) is 19.8 Å². The highest BCUT2D eigenvalue weighted by Crippen LogP contribution is 2.31. The number of carbonyl (C=O) groups is 1. The molecule has 0 aliphatic carbocycles. The van der Waals surface area contributed by atoms with Crippen LogP contribution >= 0.6 is 39.1 Å². The summed E-state index contributed by atoms with van der Waals surface area (Å²) in [6.45, 7) is 3.95. The highest BCUT2D eigenvalue weighted by Gasteiger charge is 2.19. The molecule has 0 aliphatic heterocycles. The van der Waals surface area contributed by atoms with Crippen LogP contribution < -0.4 is 5.32 Å². The lowest BCUT2D eigenvalue weighted by Crippen LogP contribution is -2.13. The second-order valence-corrected chi connectivity index (χ2v) is 6.15. The Bertz CT molecular complexity index is 615. The van der Waals surface area contributed by atoms with Gasteiger partial charge in [-0.15, -0.1) is 5.10 Å². The number of carbonyl (C=O) groups excluding carboxylic acids is 1. The minimum absolute atomic E-state index is 0.155. The fourth-order valence-electron chi connectivity index (χ4n) is 1.51. The summed E-state index contributed by atoms with van der Waals surface area (Å²) in [6.07, 6.45) is 0. The van der Waals surface area contributed by atoms with Crippen LogP contribution in [-0.4, -0.2) is 15.5 Å². The van der Waals surface area contributed by atoms with E-state index in [0.717, 1.165) is 11.5 Å². The van der Waals surface area contributed by atoms with Crippen LogP contribution in [0.2, 0.25) is 5.02 Å². The maximum Gasteiger partial charge on any atom is 0.269 e. The van der Waals surface area contributed by atoms with Crippen LogP contribution in [0.5, 0.6) is 0 Å². The predicted octanol–water partition coefficient (Wildman–Crippen LogP) is 4.33. The van der Waals surface area contributed by atoms with Crippen LogP contribution in [0, 0.1) is 0 Å². The summed E-state index contributed by atoms with van der Waals surface area (Å²) in [5, 5.41) is 7.34. The van der Waals surface area contributed by atoms with Gasteiger partial charge in [-0.25, -0.2) is 0 Å². The molecule has 0 aliphatic rings. The molecule has 2 aromatic rings. The summed E-state index contributed by atoms with van der Waals surface area (Å²) >= 11 is 10.4. The fourth-order valence-corrected chi connectivity index (χ4v) is 2.76. The summed E-state index contributed by atoms with van der Waals surface area (Å²) in [6, 6.07) is 5.30. The summed E-state index contributed by atoms with van der Waals surface area (Å²) in [4.78, 5) is 12.7. The van der Waals surface area contributed by atoms with Crippen molar-refractivity contribution in [3.05, 3.63) is 38.3 Å². The molecule has 19 heavy (non-hydrogen) atoms. The van der Waals surface area contributed by atoms with E-state index in [4.69, 9.17) is 11.6 Å². The molecule has 0 saturated heterocycles. The van der Waals surface area contributed by atoms with Gasteiger partial charge >= 0.3 is 0 Å². The van der Waals surface area contributed by atoms with Crippen LogP contribution in [0.1, 0.15) is 35.1 Å². The summed E-state index contributed by atoms with van der Waals surface area (Å²) in [5.41, 5.74) is 1.33. The molecule has 0 unspecified atom stereocenters. The van der Waals surface area contributed by atoms with Crippen LogP contribution in [0.3, 0.4) is 0 Å². The average Bonchev–Trinajstić information content (AvgIpc) is 2.84. The van der Waals surface area contributed by atoms with Crippen molar-refractivity contribution in [3.63, 3.8) is 0 Å². The number of benzene rings is 1. The molecule has 1 heterocycles. The van der Waals surface area contributed by atoms with Crippen molar-refractivity contribution in [2.75, 3.05) is 5.32 Å². The summed E-state index contributed by atoms with van der Waals surface area (Å²) in [5.74, 6) is -0.0658. The van der Waals surface area contributed by atoms with Gasteiger partial charge in [0.1, 0.15) is 4.88 Å². The predicted molar refractivity (Wildman–Crippen MR) is 81.1 cm³/mol. The Labute approximate surface area is 128 Å². The SMILES string of the molecule is CC(C)c1nnsc1C(=O)Nc1cccc(Cl)c1Br. The van der Waals surface area contributed by atoms with Crippen molar-refractivity contribution in [1.82, 2.24) is 9.59 Å². The van der Waals surface area contributed by atoms with Gasteiger partial charge in [0, 0.05) is 0 Å². The molecule has 1 amide bonds. The van der Waals surface area contributed by atoms with E-state index in [1.54, 1.807) is 18.2 Å². The Morgan fingerprint density at radius 2 is 2.21 bits per heavy atom. The third-order valence-electron chi connectivity index (χ3n) is 2.47. The number of aromatic nitrogens is 2. The van der Waals surface area contributed by atoms with E-state index in [2.05, 4.69) is 30.8 Å². The van der Waals surface area contributed by atoms with Gasteiger partial charge in [0.2, 0.25) is 0 Å². The van der Waals surface area contributed by atoms with Gasteiger partial charge in [0.05, 0.1) is 20.9 Å². The van der Waals surface area contributed by atoms with Crippen molar-refractivity contribution in [3.8, 4) is 0 Å². The van der Waals surface area contributed by atoms with E-state index in [0.29, 0.717) is 25.8 Å². The van der Waals surface area contributed by atoms with Gasteiger partial charge in [0.25, 0.3) is 5.91 Å².